The summed E-state index contributed by atoms with van der Waals surface area (Å²) in [6.45, 7) is 1.57. The molecular formula is C18H18N2O4. The fraction of sp³-hybridized carbons (Fsp3) is 0.278. The van der Waals surface area contributed by atoms with Gasteiger partial charge in [-0.3, -0.25) is 9.78 Å². The lowest BCUT2D eigenvalue weighted by Crippen LogP contribution is -2.39. The minimum atomic E-state index is -1.13. The number of carbonyl (C=O) groups is 2. The second kappa shape index (κ2) is 6.41. The van der Waals surface area contributed by atoms with Crippen LogP contribution in [0.4, 0.5) is 0 Å². The highest BCUT2D eigenvalue weighted by Crippen LogP contribution is 2.30. The van der Waals surface area contributed by atoms with Crippen molar-refractivity contribution in [2.75, 3.05) is 0 Å². The van der Waals surface area contributed by atoms with E-state index in [9.17, 15) is 14.7 Å². The molecule has 24 heavy (non-hydrogen) atoms. The fourth-order valence-electron chi connectivity index (χ4n) is 3.11. The third-order valence-electron chi connectivity index (χ3n) is 4.46. The van der Waals surface area contributed by atoms with Crippen molar-refractivity contribution < 1.29 is 19.8 Å². The van der Waals surface area contributed by atoms with Gasteiger partial charge in [0.05, 0.1) is 23.3 Å². The number of hydrogen-bond acceptors (Lipinski definition) is 4. The number of amides is 1. The first-order valence-corrected chi connectivity index (χ1v) is 7.73. The zero-order valence-electron chi connectivity index (χ0n) is 13.2. The van der Waals surface area contributed by atoms with Gasteiger partial charge in [-0.1, -0.05) is 24.3 Å². The molecule has 1 heterocycles. The van der Waals surface area contributed by atoms with E-state index in [2.05, 4.69) is 10.3 Å². The van der Waals surface area contributed by atoms with Gasteiger partial charge in [0.2, 0.25) is 0 Å². The molecule has 0 saturated heterocycles. The van der Waals surface area contributed by atoms with Gasteiger partial charge in [-0.2, -0.15) is 0 Å². The number of carbonyl (C=O) groups excluding carboxylic acids is 1. The van der Waals surface area contributed by atoms with Crippen LogP contribution in [0.2, 0.25) is 0 Å². The smallest absolute Gasteiger partial charge is 0.337 e. The number of benzene rings is 1. The third-order valence-corrected chi connectivity index (χ3v) is 4.46. The number of aromatic nitrogens is 1. The van der Waals surface area contributed by atoms with E-state index in [0.717, 1.165) is 17.5 Å². The summed E-state index contributed by atoms with van der Waals surface area (Å²) in [5, 5.41) is 22.3. The molecule has 1 amide bonds. The lowest BCUT2D eigenvalue weighted by Gasteiger charge is -2.31. The number of rotatable bonds is 3. The summed E-state index contributed by atoms with van der Waals surface area (Å²) in [6.07, 6.45) is 3.21. The molecule has 0 spiro atoms. The zero-order chi connectivity index (χ0) is 17.3. The Balaban J connectivity index is 1.91. The van der Waals surface area contributed by atoms with Gasteiger partial charge < -0.3 is 15.5 Å². The van der Waals surface area contributed by atoms with Crippen LogP contribution in [0.3, 0.4) is 0 Å². The van der Waals surface area contributed by atoms with Crippen molar-refractivity contribution in [1.29, 1.82) is 0 Å². The topological polar surface area (TPSA) is 99.5 Å². The summed E-state index contributed by atoms with van der Waals surface area (Å²) < 4.78 is 0. The molecule has 3 N–H and O–H groups in total. The minimum Gasteiger partial charge on any atom is -0.478 e. The van der Waals surface area contributed by atoms with Gasteiger partial charge in [0.1, 0.15) is 0 Å². The summed E-state index contributed by atoms with van der Waals surface area (Å²) in [5.74, 6) is -1.57. The van der Waals surface area contributed by atoms with Crippen LogP contribution in [-0.2, 0) is 6.42 Å². The number of pyridine rings is 1. The molecule has 0 saturated carbocycles. The molecule has 2 atom stereocenters. The molecule has 0 aliphatic heterocycles. The average molecular weight is 326 g/mol. The fourth-order valence-corrected chi connectivity index (χ4v) is 3.11. The molecule has 2 aromatic rings. The predicted octanol–water partition coefficient (Wildman–Crippen LogP) is 1.87. The molecule has 1 aromatic carbocycles. The van der Waals surface area contributed by atoms with Crippen LogP contribution < -0.4 is 5.32 Å². The number of carboxylic acids is 1. The van der Waals surface area contributed by atoms with E-state index in [0.29, 0.717) is 12.0 Å². The zero-order valence-corrected chi connectivity index (χ0v) is 13.2. The SMILES string of the molecule is Cc1c(C(=O)O)cncc1C(=O)N[C@H]1c2ccccc2CC[C@H]1O. The summed E-state index contributed by atoms with van der Waals surface area (Å²) in [6, 6.07) is 7.16. The number of fused-ring (bicyclic) bond motifs is 1. The molecule has 0 unspecified atom stereocenters. The Morgan fingerprint density at radius 2 is 1.92 bits per heavy atom. The predicted molar refractivity (Wildman–Crippen MR) is 86.9 cm³/mol. The highest BCUT2D eigenvalue weighted by molar-refractivity contribution is 5.99. The second-order valence-electron chi connectivity index (χ2n) is 5.92. The number of hydrogen-bond donors (Lipinski definition) is 3. The van der Waals surface area contributed by atoms with E-state index < -0.39 is 24.0 Å². The second-order valence-corrected chi connectivity index (χ2v) is 5.92. The summed E-state index contributed by atoms with van der Waals surface area (Å²) in [4.78, 5) is 27.6. The van der Waals surface area contributed by atoms with E-state index in [1.165, 1.54) is 12.4 Å². The minimum absolute atomic E-state index is 0.00718. The van der Waals surface area contributed by atoms with Crippen LogP contribution in [0.1, 0.15) is 49.9 Å². The third kappa shape index (κ3) is 2.88. The number of aliphatic hydroxyl groups is 1. The first kappa shape index (κ1) is 16.1. The number of aryl methyl sites for hydroxylation is 1. The van der Waals surface area contributed by atoms with Gasteiger partial charge in [-0.15, -0.1) is 0 Å². The highest BCUT2D eigenvalue weighted by Gasteiger charge is 2.30. The first-order valence-electron chi connectivity index (χ1n) is 7.73. The van der Waals surface area contributed by atoms with Gasteiger partial charge >= 0.3 is 5.97 Å². The maximum atomic E-state index is 12.6. The van der Waals surface area contributed by atoms with E-state index >= 15 is 0 Å². The van der Waals surface area contributed by atoms with Crippen LogP contribution >= 0.6 is 0 Å². The van der Waals surface area contributed by atoms with Crippen molar-refractivity contribution in [1.82, 2.24) is 10.3 Å². The van der Waals surface area contributed by atoms with Crippen LogP contribution in [0.5, 0.6) is 0 Å². The Hall–Kier alpha value is -2.73. The monoisotopic (exact) mass is 326 g/mol. The molecule has 3 rings (SSSR count). The van der Waals surface area contributed by atoms with Gasteiger partial charge in [-0.25, -0.2) is 4.79 Å². The van der Waals surface area contributed by atoms with E-state index in [1.54, 1.807) is 6.92 Å². The standard InChI is InChI=1S/C18H18N2O4/c1-10-13(8-19-9-14(10)18(23)24)17(22)20-16-12-5-3-2-4-11(12)6-7-15(16)21/h2-5,8-9,15-16,21H,6-7H2,1H3,(H,20,22)(H,23,24)/t15-,16+/m1/s1. The number of aromatic carboxylic acids is 1. The number of nitrogens with one attached hydrogen (secondary N) is 1. The molecule has 6 nitrogen and oxygen atoms in total. The van der Waals surface area contributed by atoms with E-state index in [4.69, 9.17) is 5.11 Å². The Labute approximate surface area is 139 Å². The molecule has 124 valence electrons. The Morgan fingerprint density at radius 3 is 2.67 bits per heavy atom. The maximum absolute atomic E-state index is 12.6. The van der Waals surface area contributed by atoms with Gasteiger partial charge in [0.25, 0.3) is 5.91 Å². The number of aliphatic hydroxyl groups excluding tert-OH is 1. The first-order chi connectivity index (χ1) is 11.5. The van der Waals surface area contributed by atoms with Gasteiger partial charge in [0.15, 0.2) is 0 Å². The molecule has 0 bridgehead atoms. The Kier molecular flexibility index (Phi) is 4.31. The number of nitrogens with zero attached hydrogens (tertiary/aromatic N) is 1. The summed E-state index contributed by atoms with van der Waals surface area (Å²) >= 11 is 0. The molecule has 1 aliphatic carbocycles. The molecule has 0 radical (unpaired) electrons. The van der Waals surface area contributed by atoms with Crippen molar-refractivity contribution in [2.24, 2.45) is 0 Å². The lowest BCUT2D eigenvalue weighted by atomic mass is 9.85. The van der Waals surface area contributed by atoms with Crippen molar-refractivity contribution >= 4 is 11.9 Å². The van der Waals surface area contributed by atoms with E-state index in [-0.39, 0.29) is 11.1 Å². The van der Waals surface area contributed by atoms with Crippen molar-refractivity contribution in [3.63, 3.8) is 0 Å². The molecule has 6 heteroatoms. The maximum Gasteiger partial charge on any atom is 0.337 e. The van der Waals surface area contributed by atoms with E-state index in [1.807, 2.05) is 24.3 Å². The molecule has 0 fully saturated rings. The Bertz CT molecular complexity index is 803. The van der Waals surface area contributed by atoms with Gasteiger partial charge in [0, 0.05) is 12.4 Å². The largest absolute Gasteiger partial charge is 0.478 e. The van der Waals surface area contributed by atoms with Crippen LogP contribution in [-0.4, -0.2) is 33.2 Å². The van der Waals surface area contributed by atoms with Gasteiger partial charge in [-0.05, 0) is 36.5 Å². The lowest BCUT2D eigenvalue weighted by molar-refractivity contribution is 0.0695. The van der Waals surface area contributed by atoms with Crippen LogP contribution in [0.15, 0.2) is 36.7 Å². The molecule has 1 aliphatic rings. The molecular weight excluding hydrogens is 308 g/mol. The van der Waals surface area contributed by atoms with Crippen molar-refractivity contribution in [3.05, 3.63) is 64.5 Å². The van der Waals surface area contributed by atoms with Crippen LogP contribution in [0, 0.1) is 6.92 Å². The normalized spacial score (nSPS) is 19.4. The highest BCUT2D eigenvalue weighted by atomic mass is 16.4. The van der Waals surface area contributed by atoms with Crippen molar-refractivity contribution in [3.8, 4) is 0 Å². The van der Waals surface area contributed by atoms with Crippen molar-refractivity contribution in [2.45, 2.75) is 31.9 Å². The number of carboxylic acid groups (broad SMARTS) is 1. The Morgan fingerprint density at radius 1 is 1.21 bits per heavy atom. The molecule has 1 aromatic heterocycles. The quantitative estimate of drug-likeness (QED) is 0.799. The average Bonchev–Trinajstić information content (AvgIpc) is 2.57. The van der Waals surface area contributed by atoms with Crippen LogP contribution in [0.25, 0.3) is 0 Å². The summed E-state index contributed by atoms with van der Waals surface area (Å²) in [5.41, 5.74) is 2.54. The summed E-state index contributed by atoms with van der Waals surface area (Å²) in [7, 11) is 0.